The van der Waals surface area contributed by atoms with E-state index >= 15 is 0 Å². The number of aromatic nitrogens is 1. The van der Waals surface area contributed by atoms with Crippen molar-refractivity contribution in [2.75, 3.05) is 19.5 Å². The number of methoxy groups -OCH3 is 2. The maximum absolute atomic E-state index is 13.6. The molecule has 8 heteroatoms. The summed E-state index contributed by atoms with van der Waals surface area (Å²) < 4.78 is 17.5. The molecule has 0 radical (unpaired) electrons. The maximum atomic E-state index is 13.6. The Balaban J connectivity index is 1.71. The lowest BCUT2D eigenvalue weighted by atomic mass is 9.97. The first-order valence-corrected chi connectivity index (χ1v) is 11.8. The Kier molecular flexibility index (Phi) is 7.57. The molecule has 1 amide bonds. The van der Waals surface area contributed by atoms with Crippen LogP contribution in [-0.2, 0) is 16.6 Å². The Morgan fingerprint density at radius 2 is 1.49 bits per heavy atom. The van der Waals surface area contributed by atoms with Crippen LogP contribution in [0.15, 0.2) is 77.6 Å². The van der Waals surface area contributed by atoms with Gasteiger partial charge in [-0.1, -0.05) is 55.5 Å². The van der Waals surface area contributed by atoms with Crippen LogP contribution in [0.4, 0.5) is 5.69 Å². The number of benzene rings is 3. The van der Waals surface area contributed by atoms with Crippen molar-refractivity contribution in [3.63, 3.8) is 0 Å². The predicted molar refractivity (Wildman–Crippen MR) is 142 cm³/mol. The molecule has 8 nitrogen and oxygen atoms in total. The van der Waals surface area contributed by atoms with Crippen LogP contribution < -0.4 is 20.3 Å². The number of esters is 1. The Labute approximate surface area is 214 Å². The van der Waals surface area contributed by atoms with Crippen LogP contribution >= 0.6 is 0 Å². The summed E-state index contributed by atoms with van der Waals surface area (Å²) in [5.41, 5.74) is 1.49. The molecule has 4 aromatic rings. The van der Waals surface area contributed by atoms with Gasteiger partial charge in [0.25, 0.3) is 11.5 Å². The number of carbonyl (C=O) groups excluding carboxylic acids is 2. The highest BCUT2D eigenvalue weighted by atomic mass is 16.5. The second-order valence-corrected chi connectivity index (χ2v) is 8.39. The second kappa shape index (κ2) is 11.0. The van der Waals surface area contributed by atoms with Crippen molar-refractivity contribution in [2.45, 2.75) is 19.4 Å². The first-order valence-electron chi connectivity index (χ1n) is 11.8. The van der Waals surface area contributed by atoms with Gasteiger partial charge in [-0.05, 0) is 23.4 Å². The van der Waals surface area contributed by atoms with Crippen LogP contribution in [0.1, 0.15) is 23.8 Å². The molecule has 190 valence electrons. The summed E-state index contributed by atoms with van der Waals surface area (Å²) in [7, 11) is 4.55. The molecule has 37 heavy (non-hydrogen) atoms. The molecular weight excluding hydrogens is 472 g/mol. The van der Waals surface area contributed by atoms with Gasteiger partial charge in [0, 0.05) is 41.9 Å². The standard InChI is InChI=1S/C29H28N2O6/c1-5-24(27(32)30-19-15-20(35-3)17-21(16-19)36-4)37-29(34)26-25(18-11-7-6-8-12-18)22-13-9-10-14-23(22)28(33)31(26)2/h6-17,24H,5H2,1-4H3,(H,30,32). The largest absolute Gasteiger partial charge is 0.497 e. The highest BCUT2D eigenvalue weighted by Gasteiger charge is 2.28. The van der Waals surface area contributed by atoms with Crippen LogP contribution in [-0.4, -0.2) is 36.8 Å². The molecule has 4 rings (SSSR count). The molecule has 3 aromatic carbocycles. The van der Waals surface area contributed by atoms with Crippen molar-refractivity contribution in [1.82, 2.24) is 4.57 Å². The zero-order valence-electron chi connectivity index (χ0n) is 21.1. The predicted octanol–water partition coefficient (Wildman–Crippen LogP) is 4.80. The molecule has 1 heterocycles. The first-order chi connectivity index (χ1) is 17.9. The number of anilines is 1. The zero-order chi connectivity index (χ0) is 26.5. The van der Waals surface area contributed by atoms with E-state index in [1.54, 1.807) is 43.3 Å². The normalized spacial score (nSPS) is 11.6. The summed E-state index contributed by atoms with van der Waals surface area (Å²) in [4.78, 5) is 39.8. The molecule has 0 aliphatic rings. The van der Waals surface area contributed by atoms with Crippen molar-refractivity contribution >= 4 is 28.3 Å². The summed E-state index contributed by atoms with van der Waals surface area (Å²) in [5.74, 6) is -0.288. The smallest absolute Gasteiger partial charge is 0.356 e. The van der Waals surface area contributed by atoms with Gasteiger partial charge in [-0.3, -0.25) is 9.59 Å². The second-order valence-electron chi connectivity index (χ2n) is 8.39. The molecule has 0 aliphatic heterocycles. The molecule has 0 spiro atoms. The molecule has 0 saturated heterocycles. The third kappa shape index (κ3) is 5.18. The van der Waals surface area contributed by atoms with E-state index in [-0.39, 0.29) is 17.7 Å². The minimum atomic E-state index is -1.10. The van der Waals surface area contributed by atoms with Crippen molar-refractivity contribution in [2.24, 2.45) is 7.05 Å². The lowest BCUT2D eigenvalue weighted by Crippen LogP contribution is -2.34. The van der Waals surface area contributed by atoms with Gasteiger partial charge in [-0.15, -0.1) is 0 Å². The number of pyridine rings is 1. The molecular formula is C29H28N2O6. The summed E-state index contributed by atoms with van der Waals surface area (Å²) in [6, 6.07) is 21.4. The molecule has 1 aromatic heterocycles. The fourth-order valence-electron chi connectivity index (χ4n) is 4.21. The number of hydrogen-bond acceptors (Lipinski definition) is 6. The Morgan fingerprint density at radius 3 is 2.08 bits per heavy atom. The number of rotatable bonds is 8. The van der Waals surface area contributed by atoms with Gasteiger partial charge in [-0.2, -0.15) is 0 Å². The molecule has 0 saturated carbocycles. The molecule has 1 N–H and O–H groups in total. The van der Waals surface area contributed by atoms with Crippen molar-refractivity contribution in [1.29, 1.82) is 0 Å². The van der Waals surface area contributed by atoms with E-state index in [1.807, 2.05) is 36.4 Å². The minimum Gasteiger partial charge on any atom is -0.497 e. The Hall–Kier alpha value is -4.59. The number of hydrogen-bond donors (Lipinski definition) is 1. The summed E-state index contributed by atoms with van der Waals surface area (Å²) in [6.45, 7) is 1.74. The van der Waals surface area contributed by atoms with E-state index in [4.69, 9.17) is 14.2 Å². The third-order valence-corrected chi connectivity index (χ3v) is 6.09. The number of nitrogens with zero attached hydrogens (tertiary/aromatic N) is 1. The molecule has 0 fully saturated rings. The number of carbonyl (C=O) groups is 2. The summed E-state index contributed by atoms with van der Waals surface area (Å²) in [6.07, 6.45) is -0.879. The van der Waals surface area contributed by atoms with Gasteiger partial charge in [0.2, 0.25) is 0 Å². The third-order valence-electron chi connectivity index (χ3n) is 6.09. The van der Waals surface area contributed by atoms with Crippen LogP contribution in [0, 0.1) is 0 Å². The Bertz CT molecular complexity index is 1490. The quantitative estimate of drug-likeness (QED) is 0.349. The van der Waals surface area contributed by atoms with E-state index < -0.39 is 18.0 Å². The van der Waals surface area contributed by atoms with Gasteiger partial charge in [0.15, 0.2) is 6.10 Å². The summed E-state index contributed by atoms with van der Waals surface area (Å²) in [5, 5.41) is 3.87. The van der Waals surface area contributed by atoms with Gasteiger partial charge in [-0.25, -0.2) is 4.79 Å². The van der Waals surface area contributed by atoms with E-state index in [0.29, 0.717) is 33.5 Å². The van der Waals surface area contributed by atoms with Crippen LogP contribution in [0.3, 0.4) is 0 Å². The van der Waals surface area contributed by atoms with E-state index in [1.165, 1.54) is 25.8 Å². The fraction of sp³-hybridized carbons (Fsp3) is 0.207. The zero-order valence-corrected chi connectivity index (χ0v) is 21.1. The highest BCUT2D eigenvalue weighted by molar-refractivity contribution is 6.07. The molecule has 1 atom stereocenters. The van der Waals surface area contributed by atoms with Gasteiger partial charge < -0.3 is 24.1 Å². The van der Waals surface area contributed by atoms with Gasteiger partial charge in [0.1, 0.15) is 17.2 Å². The minimum absolute atomic E-state index is 0.0733. The topological polar surface area (TPSA) is 95.9 Å². The van der Waals surface area contributed by atoms with E-state index in [9.17, 15) is 14.4 Å². The number of amides is 1. The molecule has 1 unspecified atom stereocenters. The Morgan fingerprint density at radius 1 is 0.892 bits per heavy atom. The fourth-order valence-corrected chi connectivity index (χ4v) is 4.21. The van der Waals surface area contributed by atoms with E-state index in [0.717, 1.165) is 5.56 Å². The lowest BCUT2D eigenvalue weighted by Gasteiger charge is -2.20. The lowest BCUT2D eigenvalue weighted by molar-refractivity contribution is -0.124. The first kappa shape index (κ1) is 25.5. The molecule has 0 aliphatic carbocycles. The van der Waals surface area contributed by atoms with Gasteiger partial charge >= 0.3 is 5.97 Å². The monoisotopic (exact) mass is 500 g/mol. The van der Waals surface area contributed by atoms with Crippen molar-refractivity contribution < 1.29 is 23.8 Å². The highest BCUT2D eigenvalue weighted by Crippen LogP contribution is 2.31. The SMILES string of the molecule is CCC(OC(=O)c1c(-c2ccccc2)c2ccccc2c(=O)n1C)C(=O)Nc1cc(OC)cc(OC)c1. The van der Waals surface area contributed by atoms with Crippen LogP contribution in [0.5, 0.6) is 11.5 Å². The van der Waals surface area contributed by atoms with Gasteiger partial charge in [0.05, 0.1) is 14.2 Å². The number of ether oxygens (including phenoxy) is 3. The van der Waals surface area contributed by atoms with E-state index in [2.05, 4.69) is 5.32 Å². The van der Waals surface area contributed by atoms with Crippen LogP contribution in [0.2, 0.25) is 0 Å². The average Bonchev–Trinajstić information content (AvgIpc) is 2.93. The van der Waals surface area contributed by atoms with Crippen molar-refractivity contribution in [3.05, 3.63) is 88.8 Å². The summed E-state index contributed by atoms with van der Waals surface area (Å²) >= 11 is 0. The van der Waals surface area contributed by atoms with Crippen LogP contribution in [0.25, 0.3) is 21.9 Å². The van der Waals surface area contributed by atoms with Crippen molar-refractivity contribution in [3.8, 4) is 22.6 Å². The number of fused-ring (bicyclic) bond motifs is 1. The number of nitrogens with one attached hydrogen (secondary N) is 1. The average molecular weight is 501 g/mol. The maximum Gasteiger partial charge on any atom is 0.356 e. The molecule has 0 bridgehead atoms.